The molecular weight excluding hydrogens is 408 g/mol. The van der Waals surface area contributed by atoms with Crippen molar-refractivity contribution in [1.82, 2.24) is 19.5 Å². The summed E-state index contributed by atoms with van der Waals surface area (Å²) in [4.78, 5) is 13.3. The third-order valence-electron chi connectivity index (χ3n) is 5.02. The van der Waals surface area contributed by atoms with Gasteiger partial charge in [0, 0.05) is 59.2 Å². The third kappa shape index (κ3) is 5.36. The molecule has 1 aliphatic rings. The molecule has 5 rings (SSSR count). The fraction of sp³-hybridized carbons (Fsp3) is 0.148. The molecule has 4 aromatic rings. The molecule has 33 heavy (non-hydrogen) atoms. The molecule has 3 aromatic heterocycles. The van der Waals surface area contributed by atoms with E-state index in [2.05, 4.69) is 66.7 Å². The Labute approximate surface area is 194 Å². The summed E-state index contributed by atoms with van der Waals surface area (Å²) < 4.78 is 2.15. The average molecular weight is 437 g/mol. The van der Waals surface area contributed by atoms with Crippen LogP contribution in [0.1, 0.15) is 26.0 Å². The second-order valence-corrected chi connectivity index (χ2v) is 7.34. The van der Waals surface area contributed by atoms with E-state index in [1.54, 1.807) is 12.4 Å². The van der Waals surface area contributed by atoms with Gasteiger partial charge in [0.1, 0.15) is 5.82 Å². The van der Waals surface area contributed by atoms with E-state index in [4.69, 9.17) is 0 Å². The maximum atomic E-state index is 4.65. The number of aromatic nitrogens is 4. The Morgan fingerprint density at radius 3 is 2.58 bits per heavy atom. The molecular formula is C27H28N6. The molecule has 1 aliphatic carbocycles. The van der Waals surface area contributed by atoms with E-state index in [9.17, 15) is 0 Å². The number of anilines is 3. The molecule has 0 amide bonds. The van der Waals surface area contributed by atoms with Crippen molar-refractivity contribution in [3.05, 3.63) is 103 Å². The average Bonchev–Trinajstić information content (AvgIpc) is 3.08. The fourth-order valence-electron chi connectivity index (χ4n) is 3.60. The van der Waals surface area contributed by atoms with Gasteiger partial charge in [-0.1, -0.05) is 38.2 Å². The van der Waals surface area contributed by atoms with Crippen LogP contribution in [-0.2, 0) is 0 Å². The first-order valence-corrected chi connectivity index (χ1v) is 11.2. The lowest BCUT2D eigenvalue weighted by Crippen LogP contribution is -2.06. The van der Waals surface area contributed by atoms with Crippen molar-refractivity contribution in [2.45, 2.75) is 27.2 Å². The minimum Gasteiger partial charge on any atom is -0.340 e. The van der Waals surface area contributed by atoms with Gasteiger partial charge in [-0.15, -0.1) is 0 Å². The summed E-state index contributed by atoms with van der Waals surface area (Å²) in [6.45, 7) is 5.97. The molecule has 1 aromatic carbocycles. The lowest BCUT2D eigenvalue weighted by molar-refractivity contribution is 1.07. The quantitative estimate of drug-likeness (QED) is 0.364. The Morgan fingerprint density at radius 2 is 1.73 bits per heavy atom. The van der Waals surface area contributed by atoms with Gasteiger partial charge in [-0.3, -0.25) is 4.98 Å². The largest absolute Gasteiger partial charge is 0.340 e. The summed E-state index contributed by atoms with van der Waals surface area (Å²) in [5, 5.41) is 7.89. The Morgan fingerprint density at radius 1 is 0.879 bits per heavy atom. The fourth-order valence-corrected chi connectivity index (χ4v) is 3.60. The number of pyridine rings is 1. The molecule has 6 heteroatoms. The minimum absolute atomic E-state index is 0.586. The highest BCUT2D eigenvalue weighted by molar-refractivity contribution is 5.86. The van der Waals surface area contributed by atoms with Crippen LogP contribution in [0.5, 0.6) is 0 Å². The second kappa shape index (κ2) is 10.4. The van der Waals surface area contributed by atoms with E-state index in [0.717, 1.165) is 45.9 Å². The summed E-state index contributed by atoms with van der Waals surface area (Å²) >= 11 is 0. The molecule has 0 saturated heterocycles. The van der Waals surface area contributed by atoms with Crippen molar-refractivity contribution in [2.24, 2.45) is 0 Å². The van der Waals surface area contributed by atoms with Crippen molar-refractivity contribution >= 4 is 28.4 Å². The first-order chi connectivity index (χ1) is 16.2. The number of rotatable bonds is 5. The van der Waals surface area contributed by atoms with E-state index in [0.29, 0.717) is 5.95 Å². The minimum atomic E-state index is 0.586. The van der Waals surface area contributed by atoms with Crippen molar-refractivity contribution in [3.8, 4) is 5.69 Å². The second-order valence-electron chi connectivity index (χ2n) is 7.34. The number of fused-ring (bicyclic) bond motifs is 1. The van der Waals surface area contributed by atoms with Crippen LogP contribution in [0.3, 0.4) is 0 Å². The van der Waals surface area contributed by atoms with Gasteiger partial charge in [0.15, 0.2) is 0 Å². The van der Waals surface area contributed by atoms with Crippen molar-refractivity contribution in [2.75, 3.05) is 10.6 Å². The standard InChI is InChI=1S/C25H22N6.C2H6/c1-18-16-24(30-25(27-18)29-20-6-4-2-3-5-7-20)28-21-8-9-23-19(17-21)12-15-31(23)22-10-13-26-14-11-22;1-2/h2-6,8-17H,7H2,1H3,(H2,27,28,29,30);1-2H3. The SMILES string of the molecule is CC.Cc1cc(Nc2ccc3c(ccn3-c3ccncc3)c2)nc(NC2=CC=CC=CC2)n1. The first kappa shape index (κ1) is 22.0. The van der Waals surface area contributed by atoms with E-state index >= 15 is 0 Å². The highest BCUT2D eigenvalue weighted by atomic mass is 15.1. The Bertz CT molecular complexity index is 1320. The Kier molecular flexibility index (Phi) is 6.95. The Hall–Kier alpha value is -4.19. The van der Waals surface area contributed by atoms with Gasteiger partial charge in [-0.2, -0.15) is 4.98 Å². The molecule has 0 unspecified atom stereocenters. The number of hydrogen-bond donors (Lipinski definition) is 2. The highest BCUT2D eigenvalue weighted by Crippen LogP contribution is 2.25. The van der Waals surface area contributed by atoms with Crippen LogP contribution in [0.4, 0.5) is 17.5 Å². The smallest absolute Gasteiger partial charge is 0.229 e. The molecule has 0 aliphatic heterocycles. The number of allylic oxidation sites excluding steroid dienone is 5. The van der Waals surface area contributed by atoms with Crippen LogP contribution in [0.25, 0.3) is 16.6 Å². The highest BCUT2D eigenvalue weighted by Gasteiger charge is 2.07. The topological polar surface area (TPSA) is 67.7 Å². The van der Waals surface area contributed by atoms with Gasteiger partial charge >= 0.3 is 0 Å². The molecule has 0 spiro atoms. The number of nitrogens with one attached hydrogen (secondary N) is 2. The van der Waals surface area contributed by atoms with E-state index in [1.807, 2.05) is 63.3 Å². The van der Waals surface area contributed by atoms with Crippen LogP contribution in [-0.4, -0.2) is 19.5 Å². The summed E-state index contributed by atoms with van der Waals surface area (Å²) in [5.74, 6) is 1.34. The van der Waals surface area contributed by atoms with Gasteiger partial charge in [0.2, 0.25) is 5.95 Å². The van der Waals surface area contributed by atoms with Gasteiger partial charge in [0.05, 0.1) is 5.52 Å². The normalized spacial score (nSPS) is 12.5. The van der Waals surface area contributed by atoms with Crippen LogP contribution in [0.15, 0.2) is 97.1 Å². The predicted molar refractivity (Wildman–Crippen MR) is 137 cm³/mol. The van der Waals surface area contributed by atoms with Gasteiger partial charge < -0.3 is 15.2 Å². The third-order valence-corrected chi connectivity index (χ3v) is 5.02. The Balaban J connectivity index is 0.00000126. The summed E-state index contributed by atoms with van der Waals surface area (Å²) in [5.41, 5.74) is 5.15. The summed E-state index contributed by atoms with van der Waals surface area (Å²) in [7, 11) is 0. The number of aryl methyl sites for hydroxylation is 1. The van der Waals surface area contributed by atoms with Gasteiger partial charge in [-0.05, 0) is 49.4 Å². The molecule has 6 nitrogen and oxygen atoms in total. The van der Waals surface area contributed by atoms with Crippen LogP contribution in [0, 0.1) is 6.92 Å². The molecule has 0 radical (unpaired) electrons. The summed E-state index contributed by atoms with van der Waals surface area (Å²) in [6.07, 6.45) is 16.7. The van der Waals surface area contributed by atoms with Crippen LogP contribution >= 0.6 is 0 Å². The number of hydrogen-bond acceptors (Lipinski definition) is 5. The predicted octanol–water partition coefficient (Wildman–Crippen LogP) is 6.71. The number of benzene rings is 1. The molecule has 0 bridgehead atoms. The first-order valence-electron chi connectivity index (χ1n) is 11.2. The molecule has 166 valence electrons. The summed E-state index contributed by atoms with van der Waals surface area (Å²) in [6, 6.07) is 14.4. The number of nitrogens with zero attached hydrogens (tertiary/aromatic N) is 4. The zero-order valence-corrected chi connectivity index (χ0v) is 19.2. The lowest BCUT2D eigenvalue weighted by atomic mass is 10.2. The van der Waals surface area contributed by atoms with Crippen LogP contribution in [0.2, 0.25) is 0 Å². The van der Waals surface area contributed by atoms with Crippen molar-refractivity contribution in [3.63, 3.8) is 0 Å². The monoisotopic (exact) mass is 436 g/mol. The molecule has 3 heterocycles. The van der Waals surface area contributed by atoms with Crippen molar-refractivity contribution < 1.29 is 0 Å². The van der Waals surface area contributed by atoms with E-state index < -0.39 is 0 Å². The molecule has 0 saturated carbocycles. The maximum absolute atomic E-state index is 4.65. The van der Waals surface area contributed by atoms with Gasteiger partial charge in [0.25, 0.3) is 0 Å². The zero-order chi connectivity index (χ0) is 23.0. The van der Waals surface area contributed by atoms with E-state index in [-0.39, 0.29) is 0 Å². The van der Waals surface area contributed by atoms with Crippen molar-refractivity contribution in [1.29, 1.82) is 0 Å². The lowest BCUT2D eigenvalue weighted by Gasteiger charge is -2.11. The van der Waals surface area contributed by atoms with Gasteiger partial charge in [-0.25, -0.2) is 4.98 Å². The molecule has 2 N–H and O–H groups in total. The molecule has 0 fully saturated rings. The maximum Gasteiger partial charge on any atom is 0.229 e. The van der Waals surface area contributed by atoms with Crippen LogP contribution < -0.4 is 10.6 Å². The van der Waals surface area contributed by atoms with E-state index in [1.165, 1.54) is 0 Å². The molecule has 0 atom stereocenters. The zero-order valence-electron chi connectivity index (χ0n) is 19.2.